The number of nitriles is 1. The number of anilines is 1. The molecule has 0 bridgehead atoms. The second-order valence-corrected chi connectivity index (χ2v) is 29.1. The number of likely N-dealkylation sites (tertiary alicyclic amines) is 1. The van der Waals surface area contributed by atoms with Crippen LogP contribution in [0.2, 0.25) is 0 Å². The number of aromatic nitrogens is 3. The summed E-state index contributed by atoms with van der Waals surface area (Å²) in [5, 5.41) is 44.6. The van der Waals surface area contributed by atoms with E-state index >= 15 is 0 Å². The van der Waals surface area contributed by atoms with Crippen molar-refractivity contribution in [1.29, 1.82) is 5.26 Å². The van der Waals surface area contributed by atoms with Gasteiger partial charge in [0.25, 0.3) is 0 Å². The van der Waals surface area contributed by atoms with Crippen LogP contribution < -0.4 is 37.6 Å². The zero-order valence-corrected chi connectivity index (χ0v) is 68.0. The number of ether oxygens (including phenoxy) is 8. The second kappa shape index (κ2) is 49.8. The zero-order chi connectivity index (χ0) is 83.1. The molecule has 32 heteroatoms. The number of likely N-dealkylation sites (N-methyl/N-ethyl adjacent to an activating group) is 2. The number of benzene rings is 3. The van der Waals surface area contributed by atoms with Crippen molar-refractivity contribution in [3.63, 3.8) is 0 Å². The maximum atomic E-state index is 14.9. The summed E-state index contributed by atoms with van der Waals surface area (Å²) >= 11 is 0. The summed E-state index contributed by atoms with van der Waals surface area (Å²) in [4.78, 5) is 128. The molecule has 5 rings (SSSR count). The van der Waals surface area contributed by atoms with Gasteiger partial charge in [0.15, 0.2) is 6.07 Å². The molecule has 1 fully saturated rings. The lowest BCUT2D eigenvalue weighted by molar-refractivity contribution is -0.148. The number of carbonyl (C=O) groups excluding carboxylic acids is 9. The number of hydrogen-bond donors (Lipinski definition) is 8. The Morgan fingerprint density at radius 1 is 0.690 bits per heavy atom. The lowest BCUT2D eigenvalue weighted by atomic mass is 9.89. The Bertz CT molecular complexity index is 3720. The van der Waals surface area contributed by atoms with E-state index in [1.165, 1.54) is 26.2 Å². The third kappa shape index (κ3) is 31.0. The standard InChI is InChI=1S/C81H120N14O18/c1-15-55(8)72(66(106-13)48-68(97)94-38-21-26-65(94)74(107-14)56(9)75(99)85-57(10)73(98)60-23-17-16-18-24-60)92(11)79(103)70(53(4)5)89-78(102)71(54(6)7)93(12)81(105)113-50-59-27-31-61(32-28-59)86-76(100)64(25-20-37-84-80(83)104)87-77(101)69(52(2)3)88-67(96)35-39-108-40-41-109-42-43-110-44-45-111-46-47-112-51-62-49-95(91-90-62)63-33-29-58(30-34-63)22-19-36-82/h16-18,23-24,27-34,49,52-57,64-66,69-74,98H,15,20-21,25-26,35,37-48,50-51H2,1-14H3,(H,85,99)(H,86,100)(H,87,101)(H,88,96)(H,89,102)(H3,83,84,104)/t55-,56+,57+,64-,65-,66+,69-,70-,71-,72-,73+,74+/m0/s1. The van der Waals surface area contributed by atoms with Gasteiger partial charge in [-0.1, -0.05) is 122 Å². The van der Waals surface area contributed by atoms with E-state index in [1.54, 1.807) is 138 Å². The third-order valence-electron chi connectivity index (χ3n) is 19.7. The number of nitrogens with zero attached hydrogens (tertiary/aromatic N) is 7. The Balaban J connectivity index is 1.05. The summed E-state index contributed by atoms with van der Waals surface area (Å²) in [6.45, 7) is 21.2. The van der Waals surface area contributed by atoms with Crippen LogP contribution in [0.15, 0.2) is 85.1 Å². The first-order valence-electron chi connectivity index (χ1n) is 38.7. The number of nitrogens with one attached hydrogen (secondary N) is 6. The van der Waals surface area contributed by atoms with Crippen LogP contribution in [0.4, 0.5) is 15.3 Å². The van der Waals surface area contributed by atoms with Gasteiger partial charge in [-0.05, 0) is 104 Å². The molecule has 0 spiro atoms. The molecule has 3 aromatic carbocycles. The minimum atomic E-state index is -1.13. The number of carbonyl (C=O) groups is 9. The molecule has 10 amide bonds. The van der Waals surface area contributed by atoms with Gasteiger partial charge in [0.05, 0.1) is 127 Å². The number of aliphatic hydroxyl groups excluding tert-OH is 1. The van der Waals surface area contributed by atoms with Crippen LogP contribution in [0, 0.1) is 52.8 Å². The number of methoxy groups -OCH3 is 2. The predicted octanol–water partition coefficient (Wildman–Crippen LogP) is 5.72. The van der Waals surface area contributed by atoms with Gasteiger partial charge in [0.1, 0.15) is 36.5 Å². The highest BCUT2D eigenvalue weighted by molar-refractivity contribution is 5.98. The average molecular weight is 1580 g/mol. The summed E-state index contributed by atoms with van der Waals surface area (Å²) in [5.74, 6) is -0.294. The highest BCUT2D eigenvalue weighted by Gasteiger charge is 2.44. The number of nitrogens with two attached hydrogens (primary N) is 1. The minimum absolute atomic E-state index is 0.0493. The van der Waals surface area contributed by atoms with Crippen molar-refractivity contribution in [3.05, 3.63) is 107 Å². The van der Waals surface area contributed by atoms with E-state index in [-0.39, 0.29) is 83.0 Å². The number of hydrogen-bond acceptors (Lipinski definition) is 21. The smallest absolute Gasteiger partial charge is 0.410 e. The van der Waals surface area contributed by atoms with Gasteiger partial charge in [-0.2, -0.15) is 5.26 Å². The van der Waals surface area contributed by atoms with Gasteiger partial charge in [-0.15, -0.1) is 5.10 Å². The summed E-state index contributed by atoms with van der Waals surface area (Å²) in [7, 11) is 6.08. The topological polar surface area (TPSA) is 410 Å². The fourth-order valence-corrected chi connectivity index (χ4v) is 13.2. The molecule has 1 aliphatic rings. The van der Waals surface area contributed by atoms with Crippen molar-refractivity contribution in [1.82, 2.24) is 56.3 Å². The molecule has 622 valence electrons. The monoisotopic (exact) mass is 1580 g/mol. The fourth-order valence-electron chi connectivity index (χ4n) is 13.2. The van der Waals surface area contributed by atoms with Gasteiger partial charge in [-0.3, -0.25) is 38.5 Å². The minimum Gasteiger partial charge on any atom is -0.445 e. The molecule has 0 radical (unpaired) electrons. The van der Waals surface area contributed by atoms with Crippen molar-refractivity contribution in [2.75, 3.05) is 106 Å². The Kier molecular flexibility index (Phi) is 41.4. The summed E-state index contributed by atoms with van der Waals surface area (Å²) in [5.41, 5.74) is 8.96. The average Bonchev–Trinajstić information content (AvgIpc) is 1.35. The van der Waals surface area contributed by atoms with Gasteiger partial charge in [0.2, 0.25) is 41.4 Å². The maximum absolute atomic E-state index is 14.9. The van der Waals surface area contributed by atoms with Crippen LogP contribution in [-0.4, -0.2) is 244 Å². The van der Waals surface area contributed by atoms with Gasteiger partial charge < -0.3 is 90.4 Å². The highest BCUT2D eigenvalue weighted by Crippen LogP contribution is 2.31. The Morgan fingerprint density at radius 2 is 1.31 bits per heavy atom. The summed E-state index contributed by atoms with van der Waals surface area (Å²) < 4.78 is 47.4. The lowest BCUT2D eigenvalue weighted by Gasteiger charge is -2.41. The Labute approximate surface area is 664 Å². The molecular formula is C81H120N14O18. The van der Waals surface area contributed by atoms with Crippen molar-refractivity contribution >= 4 is 59.2 Å². The molecule has 1 saturated heterocycles. The SMILES string of the molecule is CC[C@H](C)[C@@H]([C@@H](CC(=O)N1CCC[C@H]1[C@H](OC)[C@@H](C)C(=O)N[C@H](C)[C@@H](O)c1ccccc1)OC)N(C)C(=O)[C@@H](NC(=O)[C@H](C(C)C)N(C)C(=O)OCc1ccc(NC(=O)[C@H](CCCNC(N)=O)NC(=O)[C@@H](NC(=O)CCOCCOCCOCCOCCOCc2cn(-c3ccc(C#CC#N)cc3)nn2)C(C)C)cc1)C(C)C. The first kappa shape index (κ1) is 94.0. The van der Waals surface area contributed by atoms with Crippen molar-refractivity contribution < 1.29 is 86.2 Å². The van der Waals surface area contributed by atoms with E-state index in [9.17, 15) is 48.3 Å². The van der Waals surface area contributed by atoms with Crippen LogP contribution in [0.25, 0.3) is 5.69 Å². The molecule has 32 nitrogen and oxygen atoms in total. The van der Waals surface area contributed by atoms with Gasteiger partial charge >= 0.3 is 12.1 Å². The zero-order valence-electron chi connectivity index (χ0n) is 68.0. The highest BCUT2D eigenvalue weighted by atomic mass is 16.6. The van der Waals surface area contributed by atoms with Crippen LogP contribution in [0.1, 0.15) is 143 Å². The third-order valence-corrected chi connectivity index (χ3v) is 19.7. The van der Waals surface area contributed by atoms with E-state index in [4.69, 9.17) is 48.9 Å². The number of aliphatic hydroxyl groups is 1. The molecule has 0 aliphatic carbocycles. The van der Waals surface area contributed by atoms with Crippen molar-refractivity contribution in [2.45, 2.75) is 188 Å². The van der Waals surface area contributed by atoms with Gasteiger partial charge in [-0.25, -0.2) is 14.3 Å². The summed E-state index contributed by atoms with van der Waals surface area (Å²) in [6, 6.07) is 17.7. The van der Waals surface area contributed by atoms with Crippen molar-refractivity contribution in [2.24, 2.45) is 35.3 Å². The first-order chi connectivity index (χ1) is 54.0. The molecular weight excluding hydrogens is 1460 g/mol. The molecule has 0 unspecified atom stereocenters. The first-order valence-corrected chi connectivity index (χ1v) is 38.7. The van der Waals surface area contributed by atoms with E-state index in [2.05, 4.69) is 54.1 Å². The second-order valence-electron chi connectivity index (χ2n) is 29.1. The van der Waals surface area contributed by atoms with Gasteiger partial charge in [0, 0.05) is 65.0 Å². The lowest BCUT2D eigenvalue weighted by Crippen LogP contribution is -2.60. The number of rotatable bonds is 50. The van der Waals surface area contributed by atoms with E-state index < -0.39 is 126 Å². The largest absolute Gasteiger partial charge is 0.445 e. The quantitative estimate of drug-likeness (QED) is 0.0193. The predicted molar refractivity (Wildman–Crippen MR) is 420 cm³/mol. The fraction of sp³-hybridized carbons (Fsp3) is 0.605. The Morgan fingerprint density at radius 3 is 1.88 bits per heavy atom. The molecule has 0 saturated carbocycles. The normalized spacial score (nSPS) is 15.6. The molecule has 2 heterocycles. The number of amides is 10. The van der Waals surface area contributed by atoms with E-state index in [0.29, 0.717) is 88.0 Å². The van der Waals surface area contributed by atoms with Crippen LogP contribution >= 0.6 is 0 Å². The van der Waals surface area contributed by atoms with Crippen LogP contribution in [-0.2, 0) is 84.7 Å². The van der Waals surface area contributed by atoms with Crippen LogP contribution in [0.3, 0.4) is 0 Å². The number of primary amides is 1. The van der Waals surface area contributed by atoms with E-state index in [1.807, 2.05) is 44.2 Å². The molecule has 9 N–H and O–H groups in total. The summed E-state index contributed by atoms with van der Waals surface area (Å²) in [6.07, 6.45) is 0.585. The molecule has 4 aromatic rings. The molecule has 113 heavy (non-hydrogen) atoms. The molecule has 1 aromatic heterocycles. The van der Waals surface area contributed by atoms with Crippen molar-refractivity contribution in [3.8, 4) is 23.6 Å². The maximum Gasteiger partial charge on any atom is 0.410 e. The van der Waals surface area contributed by atoms with Crippen LogP contribution in [0.5, 0.6) is 0 Å². The Hall–Kier alpha value is -9.64. The molecule has 1 aliphatic heterocycles. The number of urea groups is 1. The molecule has 12 atom stereocenters. The van der Waals surface area contributed by atoms with E-state index in [0.717, 1.165) is 11.3 Å².